The molecule has 0 unspecified atom stereocenters. The van der Waals surface area contributed by atoms with Gasteiger partial charge in [-0.15, -0.1) is 0 Å². The van der Waals surface area contributed by atoms with E-state index in [2.05, 4.69) is 20.9 Å². The maximum absolute atomic E-state index is 13.8. The van der Waals surface area contributed by atoms with Crippen LogP contribution in [0.5, 0.6) is 0 Å². The molecule has 4 N–H and O–H groups in total. The van der Waals surface area contributed by atoms with E-state index in [1.54, 1.807) is 20.8 Å². The summed E-state index contributed by atoms with van der Waals surface area (Å²) in [7, 11) is 3.96. The van der Waals surface area contributed by atoms with Crippen LogP contribution >= 0.6 is 0 Å². The highest BCUT2D eigenvalue weighted by molar-refractivity contribution is 5.88. The molecule has 2 aromatic rings. The smallest absolute Gasteiger partial charge is 0.407 e. The fourth-order valence-electron chi connectivity index (χ4n) is 4.77. The van der Waals surface area contributed by atoms with Crippen LogP contribution in [0.25, 0.3) is 0 Å². The first-order valence-electron chi connectivity index (χ1n) is 15.2. The molecule has 0 spiro atoms. The maximum Gasteiger partial charge on any atom is 0.407 e. The van der Waals surface area contributed by atoms with Crippen molar-refractivity contribution in [1.29, 1.82) is 0 Å². The molecule has 0 fully saturated rings. The minimum atomic E-state index is -1.07. The third kappa shape index (κ3) is 14.1. The summed E-state index contributed by atoms with van der Waals surface area (Å²) >= 11 is 0. The number of aliphatic hydroxyl groups excluding tert-OH is 1. The van der Waals surface area contributed by atoms with E-state index in [4.69, 9.17) is 4.74 Å². The Morgan fingerprint density at radius 2 is 1.42 bits per heavy atom. The third-order valence-electron chi connectivity index (χ3n) is 7.01. The van der Waals surface area contributed by atoms with Crippen LogP contribution in [-0.4, -0.2) is 78.9 Å². The third-order valence-corrected chi connectivity index (χ3v) is 7.01. The highest BCUT2D eigenvalue weighted by atomic mass is 16.6. The van der Waals surface area contributed by atoms with Gasteiger partial charge in [-0.3, -0.25) is 9.59 Å². The van der Waals surface area contributed by atoms with Gasteiger partial charge in [-0.1, -0.05) is 74.5 Å². The van der Waals surface area contributed by atoms with Gasteiger partial charge < -0.3 is 30.7 Å². The molecule has 0 heterocycles. The molecule has 43 heavy (non-hydrogen) atoms. The zero-order chi connectivity index (χ0) is 32.0. The van der Waals surface area contributed by atoms with E-state index in [1.165, 1.54) is 0 Å². The quantitative estimate of drug-likeness (QED) is 0.218. The van der Waals surface area contributed by atoms with Crippen LogP contribution in [0.1, 0.15) is 58.6 Å². The predicted molar refractivity (Wildman–Crippen MR) is 171 cm³/mol. The van der Waals surface area contributed by atoms with Gasteiger partial charge in [0.2, 0.25) is 11.8 Å². The lowest BCUT2D eigenvalue weighted by Crippen LogP contribution is -2.53. The lowest BCUT2D eigenvalue weighted by Gasteiger charge is -2.30. The van der Waals surface area contributed by atoms with Crippen molar-refractivity contribution in [3.8, 4) is 0 Å². The second-order valence-corrected chi connectivity index (χ2v) is 12.8. The minimum absolute atomic E-state index is 0.0727. The van der Waals surface area contributed by atoms with E-state index in [9.17, 15) is 19.5 Å². The molecule has 0 aromatic heterocycles. The van der Waals surface area contributed by atoms with E-state index in [0.717, 1.165) is 24.1 Å². The lowest BCUT2D eigenvalue weighted by molar-refractivity contribution is -0.132. The van der Waals surface area contributed by atoms with Crippen molar-refractivity contribution in [3.05, 3.63) is 71.8 Å². The van der Waals surface area contributed by atoms with Crippen LogP contribution in [0.15, 0.2) is 60.7 Å². The van der Waals surface area contributed by atoms with Crippen LogP contribution in [0.2, 0.25) is 0 Å². The maximum atomic E-state index is 13.8. The first kappa shape index (κ1) is 35.8. The first-order valence-corrected chi connectivity index (χ1v) is 15.2. The molecule has 2 rings (SSSR count). The average Bonchev–Trinajstić information content (AvgIpc) is 2.92. The molecule has 0 radical (unpaired) electrons. The number of ether oxygens (including phenoxy) is 1. The first-order chi connectivity index (χ1) is 20.2. The molecule has 0 aliphatic carbocycles. The zero-order valence-corrected chi connectivity index (χ0v) is 26.9. The summed E-state index contributed by atoms with van der Waals surface area (Å²) in [5.74, 6) is -1.34. The Balaban J connectivity index is 2.25. The lowest BCUT2D eigenvalue weighted by atomic mass is 9.88. The van der Waals surface area contributed by atoms with Gasteiger partial charge in [0.1, 0.15) is 11.6 Å². The van der Waals surface area contributed by atoms with Gasteiger partial charge in [0.15, 0.2) is 0 Å². The Morgan fingerprint density at radius 1 is 0.860 bits per heavy atom. The van der Waals surface area contributed by atoms with Crippen molar-refractivity contribution < 1.29 is 24.2 Å². The number of hydrogen-bond acceptors (Lipinski definition) is 6. The Labute approximate surface area is 257 Å². The largest absolute Gasteiger partial charge is 0.444 e. The van der Waals surface area contributed by atoms with Gasteiger partial charge in [-0.05, 0) is 84.1 Å². The molecule has 2 aromatic carbocycles. The van der Waals surface area contributed by atoms with Crippen molar-refractivity contribution in [2.24, 2.45) is 11.8 Å². The highest BCUT2D eigenvalue weighted by Crippen LogP contribution is 2.20. The Hall–Kier alpha value is -3.43. The number of carbonyl (C=O) groups is 3. The van der Waals surface area contributed by atoms with E-state index in [-0.39, 0.29) is 24.2 Å². The van der Waals surface area contributed by atoms with Gasteiger partial charge in [0.05, 0.1) is 12.1 Å². The molecule has 4 atom stereocenters. The van der Waals surface area contributed by atoms with Crippen LogP contribution in [-0.2, 0) is 27.2 Å². The van der Waals surface area contributed by atoms with Crippen molar-refractivity contribution in [2.45, 2.75) is 84.1 Å². The van der Waals surface area contributed by atoms with E-state index in [1.807, 2.05) is 88.6 Å². The Morgan fingerprint density at radius 3 is 1.93 bits per heavy atom. The fourth-order valence-corrected chi connectivity index (χ4v) is 4.77. The summed E-state index contributed by atoms with van der Waals surface area (Å²) in [4.78, 5) is 41.7. The number of benzene rings is 2. The summed E-state index contributed by atoms with van der Waals surface area (Å²) in [6.45, 7) is 10.5. The predicted octanol–water partition coefficient (Wildman–Crippen LogP) is 3.94. The van der Waals surface area contributed by atoms with Crippen LogP contribution in [0.4, 0.5) is 4.79 Å². The van der Waals surface area contributed by atoms with Crippen molar-refractivity contribution in [1.82, 2.24) is 20.9 Å². The molecule has 9 nitrogen and oxygen atoms in total. The molecule has 0 aliphatic heterocycles. The Bertz CT molecular complexity index is 1120. The standard InChI is InChI=1S/C34H52N4O5/c1-24(2)30(32(41)35-19-14-20-38(6)7)37-31(40)27(21-25-15-10-8-11-16-25)23-29(39)28(22-26-17-12-9-13-18-26)36-33(42)43-34(3,4)5/h8-13,15-18,24,27-30,39H,14,19-23H2,1-7H3,(H,35,41)(H,36,42)(H,37,40)/t27-,28-,29-,30-/m0/s1. The molecular weight excluding hydrogens is 544 g/mol. The average molecular weight is 597 g/mol. The molecule has 0 saturated carbocycles. The van der Waals surface area contributed by atoms with Crippen molar-refractivity contribution in [3.63, 3.8) is 0 Å². The monoisotopic (exact) mass is 596 g/mol. The van der Waals surface area contributed by atoms with E-state index >= 15 is 0 Å². The van der Waals surface area contributed by atoms with Crippen LogP contribution < -0.4 is 16.0 Å². The summed E-state index contributed by atoms with van der Waals surface area (Å²) in [6.07, 6.45) is -0.113. The topological polar surface area (TPSA) is 120 Å². The normalized spacial score (nSPS) is 14.5. The van der Waals surface area contributed by atoms with Crippen molar-refractivity contribution >= 4 is 17.9 Å². The molecule has 0 saturated heterocycles. The number of rotatable bonds is 16. The second kappa shape index (κ2) is 17.6. The van der Waals surface area contributed by atoms with Gasteiger partial charge in [-0.25, -0.2) is 4.79 Å². The SMILES string of the molecule is CC(C)[C@H](NC(=O)[C@@H](Cc1ccccc1)C[C@H](O)[C@H](Cc1ccccc1)NC(=O)OC(C)(C)C)C(=O)NCCCN(C)C. The number of nitrogens with one attached hydrogen (secondary N) is 3. The minimum Gasteiger partial charge on any atom is -0.444 e. The van der Waals surface area contributed by atoms with Gasteiger partial charge >= 0.3 is 6.09 Å². The number of alkyl carbamates (subject to hydrolysis) is 1. The zero-order valence-electron chi connectivity index (χ0n) is 26.9. The summed E-state index contributed by atoms with van der Waals surface area (Å²) in [6, 6.07) is 17.7. The van der Waals surface area contributed by atoms with Gasteiger partial charge in [0.25, 0.3) is 0 Å². The molecular formula is C34H52N4O5. The van der Waals surface area contributed by atoms with Gasteiger partial charge in [0, 0.05) is 12.5 Å². The number of aliphatic hydroxyl groups is 1. The second-order valence-electron chi connectivity index (χ2n) is 12.8. The molecule has 238 valence electrons. The number of nitrogens with zero attached hydrogens (tertiary/aromatic N) is 1. The Kier molecular flexibility index (Phi) is 14.7. The van der Waals surface area contributed by atoms with Crippen molar-refractivity contribution in [2.75, 3.05) is 27.2 Å². The molecule has 3 amide bonds. The molecule has 0 bridgehead atoms. The summed E-state index contributed by atoms with van der Waals surface area (Å²) in [5, 5.41) is 20.3. The van der Waals surface area contributed by atoms with Crippen LogP contribution in [0, 0.1) is 11.8 Å². The number of hydrogen-bond donors (Lipinski definition) is 4. The highest BCUT2D eigenvalue weighted by Gasteiger charge is 2.32. The summed E-state index contributed by atoms with van der Waals surface area (Å²) < 4.78 is 5.48. The van der Waals surface area contributed by atoms with E-state index < -0.39 is 35.8 Å². The van der Waals surface area contributed by atoms with Gasteiger partial charge in [-0.2, -0.15) is 0 Å². The fraction of sp³-hybridized carbons (Fsp3) is 0.559. The van der Waals surface area contributed by atoms with Crippen LogP contribution in [0.3, 0.4) is 0 Å². The molecule has 0 aliphatic rings. The van der Waals surface area contributed by atoms with E-state index in [0.29, 0.717) is 19.4 Å². The molecule has 9 heteroatoms. The number of carbonyl (C=O) groups excluding carboxylic acids is 3. The number of amides is 3. The summed E-state index contributed by atoms with van der Waals surface area (Å²) in [5.41, 5.74) is 1.15.